The molecule has 0 fully saturated rings. The molecule has 104 valence electrons. The molecule has 0 aliphatic heterocycles. The summed E-state index contributed by atoms with van der Waals surface area (Å²) < 4.78 is 14.2. The molecule has 1 aliphatic carbocycles. The molecule has 2 aromatic rings. The van der Waals surface area contributed by atoms with Crippen LogP contribution in [0.1, 0.15) is 42.9 Å². The second-order valence-electron chi connectivity index (χ2n) is 5.67. The Morgan fingerprint density at radius 1 is 0.950 bits per heavy atom. The first-order chi connectivity index (χ1) is 9.81. The molecule has 0 unspecified atom stereocenters. The molecule has 2 aromatic carbocycles. The minimum atomic E-state index is -0.0146. The van der Waals surface area contributed by atoms with Gasteiger partial charge in [0.2, 0.25) is 0 Å². The molecular weight excluding hydrogens is 247 g/mol. The Hall–Kier alpha value is -1.63. The molecule has 0 nitrogen and oxygen atoms in total. The van der Waals surface area contributed by atoms with E-state index in [-0.39, 0.29) is 5.82 Å². The average Bonchev–Trinajstić information content (AvgIpc) is 2.49. The van der Waals surface area contributed by atoms with Crippen molar-refractivity contribution in [3.05, 3.63) is 58.9 Å². The third-order valence-electron chi connectivity index (χ3n) is 4.36. The Morgan fingerprint density at radius 2 is 1.80 bits per heavy atom. The third-order valence-corrected chi connectivity index (χ3v) is 4.36. The van der Waals surface area contributed by atoms with E-state index in [1.165, 1.54) is 35.1 Å². The van der Waals surface area contributed by atoms with Crippen molar-refractivity contribution >= 4 is 0 Å². The predicted molar refractivity (Wildman–Crippen MR) is 82.5 cm³/mol. The van der Waals surface area contributed by atoms with Gasteiger partial charge < -0.3 is 0 Å². The molecular formula is C19H21F. The van der Waals surface area contributed by atoms with Crippen LogP contribution in [0, 0.1) is 5.82 Å². The summed E-state index contributed by atoms with van der Waals surface area (Å²) >= 11 is 0. The summed E-state index contributed by atoms with van der Waals surface area (Å²) in [5.41, 5.74) is 6.15. The molecule has 0 aromatic heterocycles. The van der Waals surface area contributed by atoms with E-state index in [1.54, 1.807) is 6.07 Å². The van der Waals surface area contributed by atoms with Crippen LogP contribution in [0.5, 0.6) is 0 Å². The molecule has 0 atom stereocenters. The number of fused-ring (bicyclic) bond motifs is 3. The summed E-state index contributed by atoms with van der Waals surface area (Å²) in [4.78, 5) is 0. The predicted octanol–water partition coefficient (Wildman–Crippen LogP) is 5.32. The Labute approximate surface area is 120 Å². The molecule has 1 heteroatoms. The van der Waals surface area contributed by atoms with E-state index in [0.717, 1.165) is 31.2 Å². The number of hydrogen-bond donors (Lipinski definition) is 0. The van der Waals surface area contributed by atoms with Gasteiger partial charge in [-0.1, -0.05) is 50.1 Å². The lowest BCUT2D eigenvalue weighted by Gasteiger charge is -2.23. The van der Waals surface area contributed by atoms with Gasteiger partial charge >= 0.3 is 0 Å². The van der Waals surface area contributed by atoms with E-state index < -0.39 is 0 Å². The molecule has 0 heterocycles. The van der Waals surface area contributed by atoms with Gasteiger partial charge in [-0.15, -0.1) is 0 Å². The fraction of sp³-hybridized carbons (Fsp3) is 0.368. The zero-order chi connectivity index (χ0) is 13.9. The smallest absolute Gasteiger partial charge is 0.126 e. The molecule has 0 amide bonds. The van der Waals surface area contributed by atoms with E-state index in [0.29, 0.717) is 0 Å². The molecule has 20 heavy (non-hydrogen) atoms. The zero-order valence-corrected chi connectivity index (χ0v) is 12.1. The van der Waals surface area contributed by atoms with E-state index >= 15 is 0 Å². The normalized spacial score (nSPS) is 12.9. The molecule has 0 bridgehead atoms. The third kappa shape index (κ3) is 2.37. The van der Waals surface area contributed by atoms with Gasteiger partial charge in [-0.05, 0) is 59.6 Å². The number of unbranched alkanes of at least 4 members (excludes halogenated alkanes) is 2. The summed E-state index contributed by atoms with van der Waals surface area (Å²) in [7, 11) is 0. The minimum absolute atomic E-state index is 0.0146. The Bertz CT molecular complexity index is 613. The highest BCUT2D eigenvalue weighted by molar-refractivity contribution is 5.74. The Morgan fingerprint density at radius 3 is 2.65 bits per heavy atom. The molecule has 0 spiro atoms. The first kappa shape index (κ1) is 13.4. The molecule has 3 rings (SSSR count). The second-order valence-corrected chi connectivity index (χ2v) is 5.67. The van der Waals surface area contributed by atoms with Crippen molar-refractivity contribution < 1.29 is 4.39 Å². The van der Waals surface area contributed by atoms with Crippen LogP contribution in [0.25, 0.3) is 11.1 Å². The van der Waals surface area contributed by atoms with Gasteiger partial charge in [0.05, 0.1) is 0 Å². The van der Waals surface area contributed by atoms with Gasteiger partial charge in [0.25, 0.3) is 0 Å². The highest BCUT2D eigenvalue weighted by Crippen LogP contribution is 2.36. The van der Waals surface area contributed by atoms with Gasteiger partial charge in [-0.3, -0.25) is 0 Å². The zero-order valence-electron chi connectivity index (χ0n) is 12.1. The van der Waals surface area contributed by atoms with Gasteiger partial charge in [0.15, 0.2) is 0 Å². The number of halogens is 1. The SMILES string of the molecule is CCCCCc1c(F)ccc2c1CCc1ccccc1-2. The first-order valence-corrected chi connectivity index (χ1v) is 7.69. The van der Waals surface area contributed by atoms with Crippen LogP contribution in [-0.4, -0.2) is 0 Å². The molecule has 1 aliphatic rings. The molecule has 0 saturated heterocycles. The monoisotopic (exact) mass is 268 g/mol. The lowest BCUT2D eigenvalue weighted by molar-refractivity contribution is 0.593. The van der Waals surface area contributed by atoms with E-state index in [2.05, 4.69) is 31.2 Å². The van der Waals surface area contributed by atoms with Crippen molar-refractivity contribution in [1.82, 2.24) is 0 Å². The first-order valence-electron chi connectivity index (χ1n) is 7.69. The Kier molecular flexibility index (Phi) is 3.86. The van der Waals surface area contributed by atoms with Gasteiger partial charge in [-0.2, -0.15) is 0 Å². The van der Waals surface area contributed by atoms with Crippen LogP contribution in [0.2, 0.25) is 0 Å². The van der Waals surface area contributed by atoms with Crippen molar-refractivity contribution in [2.75, 3.05) is 0 Å². The van der Waals surface area contributed by atoms with Crippen LogP contribution >= 0.6 is 0 Å². The van der Waals surface area contributed by atoms with Gasteiger partial charge in [0, 0.05) is 0 Å². The Balaban J connectivity index is 2.02. The fourth-order valence-corrected chi connectivity index (χ4v) is 3.29. The van der Waals surface area contributed by atoms with Crippen molar-refractivity contribution in [1.29, 1.82) is 0 Å². The summed E-state index contributed by atoms with van der Waals surface area (Å²) in [6.07, 6.45) is 6.34. The van der Waals surface area contributed by atoms with Crippen molar-refractivity contribution in [3.8, 4) is 11.1 Å². The number of hydrogen-bond acceptors (Lipinski definition) is 0. The topological polar surface area (TPSA) is 0 Å². The van der Waals surface area contributed by atoms with Gasteiger partial charge in [-0.25, -0.2) is 4.39 Å². The lowest BCUT2D eigenvalue weighted by atomic mass is 9.82. The maximum atomic E-state index is 14.2. The second kappa shape index (κ2) is 5.78. The molecule has 0 N–H and O–H groups in total. The van der Waals surface area contributed by atoms with Crippen LogP contribution in [0.15, 0.2) is 36.4 Å². The maximum Gasteiger partial charge on any atom is 0.126 e. The van der Waals surface area contributed by atoms with Crippen molar-refractivity contribution in [3.63, 3.8) is 0 Å². The summed E-state index contributed by atoms with van der Waals surface area (Å²) in [5.74, 6) is -0.0146. The lowest BCUT2D eigenvalue weighted by Crippen LogP contribution is -2.09. The average molecular weight is 268 g/mol. The van der Waals surface area contributed by atoms with E-state index in [1.807, 2.05) is 6.07 Å². The molecule has 0 radical (unpaired) electrons. The standard InChI is InChI=1S/C19H21F/c1-2-3-4-9-18-17-11-10-14-7-5-6-8-15(14)16(17)12-13-19(18)20/h5-8,12-13H,2-4,9-11H2,1H3. The van der Waals surface area contributed by atoms with Crippen molar-refractivity contribution in [2.24, 2.45) is 0 Å². The van der Waals surface area contributed by atoms with Gasteiger partial charge in [0.1, 0.15) is 5.82 Å². The van der Waals surface area contributed by atoms with Crippen molar-refractivity contribution in [2.45, 2.75) is 45.4 Å². The quantitative estimate of drug-likeness (QED) is 0.658. The van der Waals surface area contributed by atoms with E-state index in [4.69, 9.17) is 0 Å². The van der Waals surface area contributed by atoms with Crippen LogP contribution in [0.3, 0.4) is 0 Å². The number of rotatable bonds is 4. The fourth-order valence-electron chi connectivity index (χ4n) is 3.29. The summed E-state index contributed by atoms with van der Waals surface area (Å²) in [6, 6.07) is 12.1. The highest BCUT2D eigenvalue weighted by atomic mass is 19.1. The van der Waals surface area contributed by atoms with E-state index in [9.17, 15) is 4.39 Å². The minimum Gasteiger partial charge on any atom is -0.207 e. The number of aryl methyl sites for hydroxylation is 1. The highest BCUT2D eigenvalue weighted by Gasteiger charge is 2.20. The number of benzene rings is 2. The summed E-state index contributed by atoms with van der Waals surface area (Å²) in [6.45, 7) is 2.19. The largest absolute Gasteiger partial charge is 0.207 e. The van der Waals surface area contributed by atoms with Crippen LogP contribution in [-0.2, 0) is 19.3 Å². The summed E-state index contributed by atoms with van der Waals surface area (Å²) in [5, 5.41) is 0. The molecule has 0 saturated carbocycles. The van der Waals surface area contributed by atoms with Crippen LogP contribution in [0.4, 0.5) is 4.39 Å². The maximum absolute atomic E-state index is 14.2. The van der Waals surface area contributed by atoms with Crippen LogP contribution < -0.4 is 0 Å².